The van der Waals surface area contributed by atoms with Gasteiger partial charge in [0.25, 0.3) is 0 Å². The van der Waals surface area contributed by atoms with Crippen molar-refractivity contribution in [1.82, 2.24) is 0 Å². The highest BCUT2D eigenvalue weighted by molar-refractivity contribution is 6.33. The fourth-order valence-corrected chi connectivity index (χ4v) is 1.81. The molecule has 0 heterocycles. The molecule has 3 nitrogen and oxygen atoms in total. The largest absolute Gasteiger partial charge is 0.397 e. The van der Waals surface area contributed by atoms with Crippen LogP contribution in [0.15, 0.2) is 36.4 Å². The Kier molecular flexibility index (Phi) is 3.11. The third-order valence-electron chi connectivity index (χ3n) is 2.49. The number of rotatable bonds is 2. The average molecular weight is 248 g/mol. The predicted molar refractivity (Wildman–Crippen MR) is 74.7 cm³/mol. The van der Waals surface area contributed by atoms with Crippen molar-refractivity contribution in [2.24, 2.45) is 0 Å². The maximum absolute atomic E-state index is 6.13. The summed E-state index contributed by atoms with van der Waals surface area (Å²) in [5.74, 6) is 0. The molecule has 0 aliphatic carbocycles. The molecule has 2 aromatic rings. The zero-order chi connectivity index (χ0) is 12.4. The molecule has 0 amide bonds. The van der Waals surface area contributed by atoms with E-state index in [1.807, 2.05) is 31.2 Å². The van der Waals surface area contributed by atoms with Crippen molar-refractivity contribution < 1.29 is 0 Å². The number of anilines is 4. The lowest BCUT2D eigenvalue weighted by Gasteiger charge is -2.10. The molecule has 0 aliphatic rings. The van der Waals surface area contributed by atoms with Crippen LogP contribution in [0.2, 0.25) is 5.02 Å². The monoisotopic (exact) mass is 247 g/mol. The van der Waals surface area contributed by atoms with E-state index in [-0.39, 0.29) is 0 Å². The summed E-state index contributed by atoms with van der Waals surface area (Å²) >= 11 is 6.13. The van der Waals surface area contributed by atoms with Crippen molar-refractivity contribution in [1.29, 1.82) is 0 Å². The maximum Gasteiger partial charge on any atom is 0.0643 e. The molecule has 0 fully saturated rings. The predicted octanol–water partition coefficient (Wildman–Crippen LogP) is 3.56. The highest BCUT2D eigenvalue weighted by atomic mass is 35.5. The molecule has 0 aromatic heterocycles. The molecule has 0 saturated heterocycles. The van der Waals surface area contributed by atoms with Crippen LogP contribution in [-0.2, 0) is 0 Å². The second-order valence-corrected chi connectivity index (χ2v) is 4.36. The number of nitrogen functional groups attached to an aromatic ring is 2. The summed E-state index contributed by atoms with van der Waals surface area (Å²) in [6.45, 7) is 2.00. The van der Waals surface area contributed by atoms with E-state index < -0.39 is 0 Å². The topological polar surface area (TPSA) is 64.1 Å². The highest BCUT2D eigenvalue weighted by Crippen LogP contribution is 2.28. The summed E-state index contributed by atoms with van der Waals surface area (Å²) in [5.41, 5.74) is 15.4. The number of nitrogens with two attached hydrogens (primary N) is 2. The second-order valence-electron chi connectivity index (χ2n) is 3.95. The standard InChI is InChI=1S/C13H14ClN3/c1-8-2-5-13(10(14)6-8)17-9-3-4-11(15)12(16)7-9/h2-7,17H,15-16H2,1H3. The molecule has 4 heteroatoms. The number of hydrogen-bond acceptors (Lipinski definition) is 3. The van der Waals surface area contributed by atoms with E-state index in [0.717, 1.165) is 16.9 Å². The van der Waals surface area contributed by atoms with Gasteiger partial charge in [0.15, 0.2) is 0 Å². The lowest BCUT2D eigenvalue weighted by molar-refractivity contribution is 1.45. The Hall–Kier alpha value is -1.87. The van der Waals surface area contributed by atoms with Crippen molar-refractivity contribution in [2.45, 2.75) is 6.92 Å². The highest BCUT2D eigenvalue weighted by Gasteiger charge is 2.02. The first-order valence-electron chi connectivity index (χ1n) is 5.24. The molecule has 0 aliphatic heterocycles. The molecule has 2 aromatic carbocycles. The molecule has 5 N–H and O–H groups in total. The first-order chi connectivity index (χ1) is 8.06. The van der Waals surface area contributed by atoms with Crippen molar-refractivity contribution in [3.8, 4) is 0 Å². The van der Waals surface area contributed by atoms with Crippen LogP contribution in [0.1, 0.15) is 5.56 Å². The van der Waals surface area contributed by atoms with Crippen LogP contribution in [0, 0.1) is 6.92 Å². The molecule has 0 atom stereocenters. The van der Waals surface area contributed by atoms with Gasteiger partial charge in [-0.1, -0.05) is 17.7 Å². The quantitative estimate of drug-likeness (QED) is 0.711. The third kappa shape index (κ3) is 2.63. The molecule has 0 unspecified atom stereocenters. The Morgan fingerprint density at radius 2 is 1.76 bits per heavy atom. The first-order valence-corrected chi connectivity index (χ1v) is 5.62. The zero-order valence-corrected chi connectivity index (χ0v) is 10.3. The minimum atomic E-state index is 0.554. The molecule has 17 heavy (non-hydrogen) atoms. The van der Waals surface area contributed by atoms with Gasteiger partial charge in [0.05, 0.1) is 22.1 Å². The van der Waals surface area contributed by atoms with Gasteiger partial charge in [-0.05, 0) is 42.8 Å². The SMILES string of the molecule is Cc1ccc(Nc2ccc(N)c(N)c2)c(Cl)c1. The van der Waals surface area contributed by atoms with Gasteiger partial charge in [-0.25, -0.2) is 0 Å². The lowest BCUT2D eigenvalue weighted by atomic mass is 10.2. The van der Waals surface area contributed by atoms with Gasteiger partial charge in [0.2, 0.25) is 0 Å². The smallest absolute Gasteiger partial charge is 0.0643 e. The van der Waals surface area contributed by atoms with Crippen LogP contribution >= 0.6 is 11.6 Å². The van der Waals surface area contributed by atoms with Gasteiger partial charge in [-0.2, -0.15) is 0 Å². The Morgan fingerprint density at radius 3 is 2.41 bits per heavy atom. The minimum absolute atomic E-state index is 0.554. The van der Waals surface area contributed by atoms with Crippen molar-refractivity contribution >= 4 is 34.4 Å². The van der Waals surface area contributed by atoms with Crippen LogP contribution in [-0.4, -0.2) is 0 Å². The van der Waals surface area contributed by atoms with Crippen LogP contribution in [0.25, 0.3) is 0 Å². The maximum atomic E-state index is 6.13. The molecule has 2 rings (SSSR count). The molecular weight excluding hydrogens is 234 g/mol. The van der Waals surface area contributed by atoms with E-state index in [2.05, 4.69) is 5.32 Å². The molecule has 0 radical (unpaired) electrons. The molecule has 88 valence electrons. The number of hydrogen-bond donors (Lipinski definition) is 3. The van der Waals surface area contributed by atoms with E-state index >= 15 is 0 Å². The summed E-state index contributed by atoms with van der Waals surface area (Å²) in [6, 6.07) is 11.2. The van der Waals surface area contributed by atoms with E-state index in [0.29, 0.717) is 16.4 Å². The summed E-state index contributed by atoms with van der Waals surface area (Å²) < 4.78 is 0. The van der Waals surface area contributed by atoms with E-state index in [1.54, 1.807) is 12.1 Å². The first kappa shape index (κ1) is 11.6. The number of aryl methyl sites for hydroxylation is 1. The van der Waals surface area contributed by atoms with Gasteiger partial charge in [0.1, 0.15) is 0 Å². The summed E-state index contributed by atoms with van der Waals surface area (Å²) in [5, 5.41) is 3.88. The van der Waals surface area contributed by atoms with Gasteiger partial charge < -0.3 is 16.8 Å². The van der Waals surface area contributed by atoms with E-state index in [9.17, 15) is 0 Å². The summed E-state index contributed by atoms with van der Waals surface area (Å²) in [4.78, 5) is 0. The summed E-state index contributed by atoms with van der Waals surface area (Å²) in [6.07, 6.45) is 0. The van der Waals surface area contributed by atoms with Crippen LogP contribution in [0.3, 0.4) is 0 Å². The Balaban J connectivity index is 2.28. The fourth-order valence-electron chi connectivity index (χ4n) is 1.53. The zero-order valence-electron chi connectivity index (χ0n) is 9.50. The van der Waals surface area contributed by atoms with Gasteiger partial charge in [0, 0.05) is 5.69 Å². The number of nitrogens with one attached hydrogen (secondary N) is 1. The van der Waals surface area contributed by atoms with Crippen LogP contribution in [0.5, 0.6) is 0 Å². The van der Waals surface area contributed by atoms with Gasteiger partial charge in [-0.15, -0.1) is 0 Å². The molecule has 0 saturated carbocycles. The Bertz CT molecular complexity index is 552. The Labute approximate surface area is 105 Å². The van der Waals surface area contributed by atoms with Crippen LogP contribution in [0.4, 0.5) is 22.7 Å². The molecule has 0 spiro atoms. The van der Waals surface area contributed by atoms with Crippen molar-refractivity contribution in [3.63, 3.8) is 0 Å². The fraction of sp³-hybridized carbons (Fsp3) is 0.0769. The summed E-state index contributed by atoms with van der Waals surface area (Å²) in [7, 11) is 0. The average Bonchev–Trinajstić information content (AvgIpc) is 2.27. The van der Waals surface area contributed by atoms with E-state index in [4.69, 9.17) is 23.1 Å². The Morgan fingerprint density at radius 1 is 1.00 bits per heavy atom. The third-order valence-corrected chi connectivity index (χ3v) is 2.80. The lowest BCUT2D eigenvalue weighted by Crippen LogP contribution is -1.97. The van der Waals surface area contributed by atoms with Crippen molar-refractivity contribution in [3.05, 3.63) is 47.0 Å². The van der Waals surface area contributed by atoms with E-state index in [1.165, 1.54) is 0 Å². The van der Waals surface area contributed by atoms with Gasteiger partial charge >= 0.3 is 0 Å². The number of halogens is 1. The normalized spacial score (nSPS) is 10.2. The van der Waals surface area contributed by atoms with Crippen LogP contribution < -0.4 is 16.8 Å². The van der Waals surface area contributed by atoms with Gasteiger partial charge in [-0.3, -0.25) is 0 Å². The molecule has 0 bridgehead atoms. The van der Waals surface area contributed by atoms with Crippen molar-refractivity contribution in [2.75, 3.05) is 16.8 Å². The molecular formula is C13H14ClN3. The number of benzene rings is 2. The second kappa shape index (κ2) is 4.55. The minimum Gasteiger partial charge on any atom is -0.397 e.